The van der Waals surface area contributed by atoms with Crippen LogP contribution in [0.2, 0.25) is 0 Å². The maximum Gasteiger partial charge on any atom is 0.407 e. The molecule has 4 atom stereocenters. The largest absolute Gasteiger partial charge is 0.453 e. The number of carbonyl (C=O) groups is 5. The van der Waals surface area contributed by atoms with E-state index in [0.717, 1.165) is 107 Å². The van der Waals surface area contributed by atoms with E-state index in [1.54, 1.807) is 11.1 Å². The van der Waals surface area contributed by atoms with Crippen molar-refractivity contribution in [2.24, 2.45) is 17.3 Å². The average molecular weight is 897 g/mol. The number of methoxy groups -OCH3 is 2. The van der Waals surface area contributed by atoms with Crippen LogP contribution >= 0.6 is 0 Å². The molecule has 2 aliphatic heterocycles. The molecule has 66 heavy (non-hydrogen) atoms. The molecule has 4 N–H and O–H groups in total. The predicted molar refractivity (Wildman–Crippen MR) is 249 cm³/mol. The molecule has 1 unspecified atom stereocenters. The number of ether oxygens (including phenoxy) is 2. The minimum atomic E-state index is -0.718. The molecule has 4 aliphatic rings. The lowest BCUT2D eigenvalue weighted by Crippen LogP contribution is -2.51. The van der Waals surface area contributed by atoms with Crippen LogP contribution in [0.4, 0.5) is 9.59 Å². The first-order valence-electron chi connectivity index (χ1n) is 23.5. The van der Waals surface area contributed by atoms with Crippen molar-refractivity contribution < 1.29 is 33.4 Å². The second-order valence-corrected chi connectivity index (χ2v) is 19.2. The van der Waals surface area contributed by atoms with Crippen LogP contribution in [0.25, 0.3) is 44.5 Å². The minimum Gasteiger partial charge on any atom is -0.453 e. The molecule has 15 heteroatoms. The molecule has 1 spiro atoms. The number of alkyl carbamates (subject to hydrolysis) is 2. The average Bonchev–Trinajstić information content (AvgIpc) is 4.19. The fraction of sp³-hybridized carbons (Fsp3) is 0.471. The van der Waals surface area contributed by atoms with E-state index < -0.39 is 24.3 Å². The summed E-state index contributed by atoms with van der Waals surface area (Å²) in [6, 6.07) is 16.7. The van der Waals surface area contributed by atoms with Crippen LogP contribution in [0.1, 0.15) is 119 Å². The van der Waals surface area contributed by atoms with Gasteiger partial charge in [0, 0.05) is 24.1 Å². The second-order valence-electron chi connectivity index (χ2n) is 19.2. The van der Waals surface area contributed by atoms with Gasteiger partial charge < -0.3 is 39.9 Å². The molecule has 2 aliphatic carbocycles. The fourth-order valence-electron chi connectivity index (χ4n) is 11.0. The highest BCUT2D eigenvalue weighted by atomic mass is 16.5. The van der Waals surface area contributed by atoms with Crippen molar-refractivity contribution in [3.63, 3.8) is 0 Å². The van der Waals surface area contributed by atoms with Gasteiger partial charge in [-0.1, -0.05) is 83.0 Å². The van der Waals surface area contributed by atoms with Crippen LogP contribution in [0, 0.1) is 17.3 Å². The lowest BCUT2D eigenvalue weighted by atomic mass is 9.81. The summed E-state index contributed by atoms with van der Waals surface area (Å²) < 4.78 is 9.60. The SMILES string of the molecule is COC(=O)N[C@H](C(=O)N1CCCC1c1nc2ccc(-c3ccc(-c4ccc(-c5cnc([C@@H]6CCCN6C(=O)[C@@H](NC(=O)OC)C(C)C)[nH]5)cc4)c4c3CC3(CCCC3)C4=O)cc2[nH]1)C(C)C. The molecule has 4 heterocycles. The third kappa shape index (κ3) is 8.10. The van der Waals surface area contributed by atoms with Gasteiger partial charge in [-0.2, -0.15) is 0 Å². The number of nitrogens with one attached hydrogen (secondary N) is 4. The molecule has 0 radical (unpaired) electrons. The zero-order chi connectivity index (χ0) is 46.4. The molecule has 2 saturated heterocycles. The Morgan fingerprint density at radius 1 is 0.712 bits per heavy atom. The molecule has 1 saturated carbocycles. The highest BCUT2D eigenvalue weighted by Crippen LogP contribution is 2.53. The summed E-state index contributed by atoms with van der Waals surface area (Å²) >= 11 is 0. The summed E-state index contributed by atoms with van der Waals surface area (Å²) in [5, 5.41) is 5.43. The highest BCUT2D eigenvalue weighted by Gasteiger charge is 2.49. The van der Waals surface area contributed by atoms with Gasteiger partial charge in [0.05, 0.1) is 49.2 Å². The first-order chi connectivity index (χ1) is 31.8. The summed E-state index contributed by atoms with van der Waals surface area (Å²) in [7, 11) is 2.58. The Balaban J connectivity index is 0.982. The van der Waals surface area contributed by atoms with E-state index in [1.807, 2.05) is 50.8 Å². The van der Waals surface area contributed by atoms with Crippen molar-refractivity contribution in [2.75, 3.05) is 27.3 Å². The number of H-pyrrole nitrogens is 2. The van der Waals surface area contributed by atoms with Gasteiger partial charge in [-0.15, -0.1) is 0 Å². The van der Waals surface area contributed by atoms with E-state index in [1.165, 1.54) is 14.2 Å². The fourth-order valence-corrected chi connectivity index (χ4v) is 11.0. The van der Waals surface area contributed by atoms with Gasteiger partial charge in [-0.3, -0.25) is 14.4 Å². The normalized spacial score (nSPS) is 19.8. The van der Waals surface area contributed by atoms with E-state index in [9.17, 15) is 24.0 Å². The molecule has 2 aromatic heterocycles. The van der Waals surface area contributed by atoms with Crippen molar-refractivity contribution in [1.29, 1.82) is 0 Å². The second kappa shape index (κ2) is 18.0. The molecule has 346 valence electrons. The first kappa shape index (κ1) is 44.7. The number of ketones is 1. The van der Waals surface area contributed by atoms with Crippen molar-refractivity contribution in [3.8, 4) is 33.5 Å². The summed E-state index contributed by atoms with van der Waals surface area (Å²) in [6.07, 6.45) is 8.26. The highest BCUT2D eigenvalue weighted by molar-refractivity contribution is 6.12. The Kier molecular flexibility index (Phi) is 12.2. The number of aromatic nitrogens is 4. The Hall–Kier alpha value is -6.51. The number of amides is 4. The number of hydrogen-bond acceptors (Lipinski definition) is 9. The van der Waals surface area contributed by atoms with E-state index in [4.69, 9.17) is 19.4 Å². The maximum atomic E-state index is 14.7. The number of carbonyl (C=O) groups excluding carboxylic acids is 5. The number of rotatable bonds is 11. The number of nitrogens with zero attached hydrogens (tertiary/aromatic N) is 4. The molecule has 9 rings (SSSR count). The Morgan fingerprint density at radius 2 is 1.27 bits per heavy atom. The van der Waals surface area contributed by atoms with E-state index >= 15 is 0 Å². The zero-order valence-corrected chi connectivity index (χ0v) is 38.7. The van der Waals surface area contributed by atoms with Crippen LogP contribution in [0.5, 0.6) is 0 Å². The number of Topliss-reactive ketones (excluding diaryl/α,β-unsaturated/α-hetero) is 1. The standard InChI is InChI=1S/C51H60N8O7/c1-28(2)42(56-49(63)65-5)47(61)58-23-9-11-39(58)45-52-27-38(55-45)31-15-13-30(14-16-31)34-19-18-33(35-26-51(21-7-8-22-51)44(60)41(34)35)32-17-20-36-37(25-32)54-46(53-36)40-12-10-24-59(40)48(62)43(29(3)4)57-50(64)66-6/h13-20,25,27-29,39-40,42-43H,7-12,21-24,26H2,1-6H3,(H,52,55)(H,53,54)(H,56,63)(H,57,64)/t39-,40?,42-,43-/m0/s1. The number of aromatic amines is 2. The smallest absolute Gasteiger partial charge is 0.407 e. The van der Waals surface area contributed by atoms with Gasteiger partial charge in [0.1, 0.15) is 23.7 Å². The number of likely N-dealkylation sites (tertiary alicyclic amines) is 2. The lowest BCUT2D eigenvalue weighted by molar-refractivity contribution is -0.136. The van der Waals surface area contributed by atoms with Crippen LogP contribution in [0.15, 0.2) is 60.8 Å². The van der Waals surface area contributed by atoms with E-state index in [2.05, 4.69) is 57.0 Å². The minimum absolute atomic E-state index is 0.126. The molecule has 5 aromatic rings. The number of hydrogen-bond donors (Lipinski definition) is 4. The summed E-state index contributed by atoms with van der Waals surface area (Å²) in [6.45, 7) is 8.75. The lowest BCUT2D eigenvalue weighted by Gasteiger charge is -2.30. The molecule has 3 aromatic carbocycles. The van der Waals surface area contributed by atoms with Crippen molar-refractivity contribution in [2.45, 2.75) is 110 Å². The Morgan fingerprint density at radius 3 is 1.86 bits per heavy atom. The maximum absolute atomic E-state index is 14.7. The van der Waals surface area contributed by atoms with E-state index in [-0.39, 0.29) is 46.9 Å². The zero-order valence-electron chi connectivity index (χ0n) is 38.7. The Bertz CT molecular complexity index is 2680. The molecule has 3 fully saturated rings. The summed E-state index contributed by atoms with van der Waals surface area (Å²) in [4.78, 5) is 86.8. The monoisotopic (exact) mass is 896 g/mol. The number of fused-ring (bicyclic) bond motifs is 2. The summed E-state index contributed by atoms with van der Waals surface area (Å²) in [5.74, 6) is 1.09. The van der Waals surface area contributed by atoms with Gasteiger partial charge in [0.25, 0.3) is 0 Å². The Labute approximate surface area is 384 Å². The van der Waals surface area contributed by atoms with Gasteiger partial charge in [-0.25, -0.2) is 19.6 Å². The number of imidazole rings is 2. The van der Waals surface area contributed by atoms with Crippen LogP contribution in [0.3, 0.4) is 0 Å². The van der Waals surface area contributed by atoms with Crippen LogP contribution in [-0.2, 0) is 25.5 Å². The van der Waals surface area contributed by atoms with Crippen molar-refractivity contribution in [1.82, 2.24) is 40.4 Å². The van der Waals surface area contributed by atoms with Gasteiger partial charge in [0.2, 0.25) is 11.8 Å². The first-order valence-corrected chi connectivity index (χ1v) is 23.5. The summed E-state index contributed by atoms with van der Waals surface area (Å²) in [5.41, 5.74) is 8.84. The molecule has 0 bridgehead atoms. The molecule has 15 nitrogen and oxygen atoms in total. The van der Waals surface area contributed by atoms with Gasteiger partial charge >= 0.3 is 12.2 Å². The van der Waals surface area contributed by atoms with Gasteiger partial charge in [-0.05, 0) is 102 Å². The number of benzene rings is 3. The van der Waals surface area contributed by atoms with Crippen molar-refractivity contribution in [3.05, 3.63) is 83.6 Å². The third-order valence-corrected chi connectivity index (χ3v) is 14.5. The van der Waals surface area contributed by atoms with E-state index in [0.29, 0.717) is 31.2 Å². The van der Waals surface area contributed by atoms with Crippen molar-refractivity contribution >= 4 is 40.8 Å². The van der Waals surface area contributed by atoms with Crippen LogP contribution < -0.4 is 10.6 Å². The quantitative estimate of drug-likeness (QED) is 0.100. The van der Waals surface area contributed by atoms with Gasteiger partial charge in [0.15, 0.2) is 5.78 Å². The topological polar surface area (TPSA) is 192 Å². The molecule has 4 amide bonds. The predicted octanol–water partition coefficient (Wildman–Crippen LogP) is 8.67. The molecular formula is C51H60N8O7. The third-order valence-electron chi connectivity index (χ3n) is 14.5. The molecular weight excluding hydrogens is 837 g/mol. The van der Waals surface area contributed by atoms with Crippen LogP contribution in [-0.4, -0.2) is 98.9 Å².